The molecule has 1 aromatic heterocycles. The van der Waals surface area contributed by atoms with Gasteiger partial charge in [-0.2, -0.15) is 8.75 Å². The highest BCUT2D eigenvalue weighted by Crippen LogP contribution is 2.29. The zero-order valence-electron chi connectivity index (χ0n) is 8.75. The summed E-state index contributed by atoms with van der Waals surface area (Å²) in [6, 6.07) is 5.34. The minimum Gasteiger partial charge on any atom is -0.360 e. The summed E-state index contributed by atoms with van der Waals surface area (Å²) >= 11 is 18.9. The van der Waals surface area contributed by atoms with Crippen molar-refractivity contribution in [1.29, 1.82) is 0 Å². The number of benzene rings is 1. The van der Waals surface area contributed by atoms with Gasteiger partial charge in [-0.1, -0.05) is 40.9 Å². The molecule has 1 N–H and O–H groups in total. The number of hydrogen-bond acceptors (Lipinski definition) is 4. The van der Waals surface area contributed by atoms with Crippen molar-refractivity contribution in [3.8, 4) is 0 Å². The number of nitrogens with one attached hydrogen (secondary N) is 1. The molecule has 0 amide bonds. The summed E-state index contributed by atoms with van der Waals surface area (Å²) in [4.78, 5) is 0. The summed E-state index contributed by atoms with van der Waals surface area (Å²) < 4.78 is 7.93. The van der Waals surface area contributed by atoms with E-state index < -0.39 is 0 Å². The largest absolute Gasteiger partial charge is 0.360 e. The fourth-order valence-corrected chi connectivity index (χ4v) is 2.63. The first-order valence-electron chi connectivity index (χ1n) is 4.77. The molecule has 0 aliphatic carbocycles. The van der Waals surface area contributed by atoms with Crippen LogP contribution < -0.4 is 5.32 Å². The van der Waals surface area contributed by atoms with Gasteiger partial charge in [-0.05, 0) is 24.6 Å². The molecule has 2 rings (SSSR count). The summed E-state index contributed by atoms with van der Waals surface area (Å²) in [6.07, 6.45) is 0. The Hall–Kier alpha value is -0.550. The normalized spacial score (nSPS) is 12.5. The van der Waals surface area contributed by atoms with Crippen LogP contribution in [0.3, 0.4) is 0 Å². The molecular formula is C10H8Cl3N3S. The van der Waals surface area contributed by atoms with Crippen LogP contribution in [0.1, 0.15) is 18.5 Å². The van der Waals surface area contributed by atoms with Crippen molar-refractivity contribution < 1.29 is 0 Å². The SMILES string of the molecule is CC(Nc1nsnc1Cl)c1ccc(Cl)cc1Cl. The third-order valence-corrected chi connectivity index (χ3v) is 3.69. The molecule has 3 nitrogen and oxygen atoms in total. The first-order valence-corrected chi connectivity index (χ1v) is 6.64. The second-order valence-corrected chi connectivity index (χ2v) is 5.17. The number of aromatic nitrogens is 2. The van der Waals surface area contributed by atoms with Crippen LogP contribution in [0.5, 0.6) is 0 Å². The predicted molar refractivity (Wildman–Crippen MR) is 73.4 cm³/mol. The van der Waals surface area contributed by atoms with E-state index in [1.165, 1.54) is 0 Å². The Balaban J connectivity index is 2.20. The van der Waals surface area contributed by atoms with Crippen molar-refractivity contribution in [2.45, 2.75) is 13.0 Å². The van der Waals surface area contributed by atoms with Crippen molar-refractivity contribution in [1.82, 2.24) is 8.75 Å². The number of hydrogen-bond donors (Lipinski definition) is 1. The fraction of sp³-hybridized carbons (Fsp3) is 0.200. The van der Waals surface area contributed by atoms with E-state index in [-0.39, 0.29) is 6.04 Å². The average Bonchev–Trinajstić information content (AvgIpc) is 2.64. The molecule has 0 radical (unpaired) electrons. The maximum atomic E-state index is 6.11. The Bertz CT molecular complexity index is 529. The highest BCUT2D eigenvalue weighted by Gasteiger charge is 2.13. The number of nitrogens with zero attached hydrogens (tertiary/aromatic N) is 2. The van der Waals surface area contributed by atoms with Crippen LogP contribution in [-0.2, 0) is 0 Å². The van der Waals surface area contributed by atoms with E-state index in [0.717, 1.165) is 17.3 Å². The maximum absolute atomic E-state index is 6.11. The lowest BCUT2D eigenvalue weighted by Gasteiger charge is -2.15. The quantitative estimate of drug-likeness (QED) is 0.895. The zero-order valence-corrected chi connectivity index (χ0v) is 11.8. The molecule has 1 unspecified atom stereocenters. The molecule has 90 valence electrons. The van der Waals surface area contributed by atoms with Crippen molar-refractivity contribution >= 4 is 52.3 Å². The van der Waals surface area contributed by atoms with Crippen molar-refractivity contribution in [2.75, 3.05) is 5.32 Å². The van der Waals surface area contributed by atoms with E-state index in [0.29, 0.717) is 21.0 Å². The highest BCUT2D eigenvalue weighted by atomic mass is 35.5. The van der Waals surface area contributed by atoms with Crippen molar-refractivity contribution in [3.05, 3.63) is 39.0 Å². The molecule has 0 aliphatic heterocycles. The lowest BCUT2D eigenvalue weighted by atomic mass is 10.1. The van der Waals surface area contributed by atoms with E-state index in [4.69, 9.17) is 34.8 Å². The van der Waals surface area contributed by atoms with Gasteiger partial charge < -0.3 is 5.32 Å². The first kappa shape index (κ1) is 12.9. The molecule has 2 aromatic rings. The first-order chi connectivity index (χ1) is 8.08. The molecule has 17 heavy (non-hydrogen) atoms. The molecule has 1 atom stereocenters. The molecule has 0 saturated heterocycles. The fourth-order valence-electron chi connectivity index (χ4n) is 1.40. The standard InChI is InChI=1S/C10H8Cl3N3S/c1-5(14-10-9(13)15-17-16-10)7-3-2-6(11)4-8(7)12/h2-5H,1H3,(H,14,16). The maximum Gasteiger partial charge on any atom is 0.186 e. The van der Waals surface area contributed by atoms with Gasteiger partial charge in [-0.15, -0.1) is 0 Å². The van der Waals surface area contributed by atoms with Crippen LogP contribution in [0.4, 0.5) is 5.82 Å². The van der Waals surface area contributed by atoms with Gasteiger partial charge in [-0.3, -0.25) is 0 Å². The van der Waals surface area contributed by atoms with E-state index in [1.807, 2.05) is 13.0 Å². The van der Waals surface area contributed by atoms with Crippen LogP contribution in [0.25, 0.3) is 0 Å². The number of anilines is 1. The second-order valence-electron chi connectivity index (χ2n) is 3.44. The lowest BCUT2D eigenvalue weighted by Crippen LogP contribution is -2.07. The minimum absolute atomic E-state index is 0.0267. The molecule has 1 heterocycles. The average molecular weight is 309 g/mol. The molecule has 7 heteroatoms. The van der Waals surface area contributed by atoms with Gasteiger partial charge in [0.25, 0.3) is 0 Å². The van der Waals surface area contributed by atoms with E-state index >= 15 is 0 Å². The van der Waals surface area contributed by atoms with Crippen molar-refractivity contribution in [3.63, 3.8) is 0 Å². The molecule has 0 spiro atoms. The van der Waals surface area contributed by atoms with Crippen LogP contribution in [0.15, 0.2) is 18.2 Å². The van der Waals surface area contributed by atoms with E-state index in [2.05, 4.69) is 14.1 Å². The van der Waals surface area contributed by atoms with Gasteiger partial charge in [-0.25, -0.2) is 0 Å². The zero-order chi connectivity index (χ0) is 12.4. The second kappa shape index (κ2) is 5.40. The Labute approximate surface area is 118 Å². The van der Waals surface area contributed by atoms with Gasteiger partial charge in [0, 0.05) is 10.0 Å². The topological polar surface area (TPSA) is 37.8 Å². The van der Waals surface area contributed by atoms with Crippen molar-refractivity contribution in [2.24, 2.45) is 0 Å². The van der Waals surface area contributed by atoms with Crippen LogP contribution >= 0.6 is 46.5 Å². The Morgan fingerprint density at radius 1 is 1.24 bits per heavy atom. The van der Waals surface area contributed by atoms with Gasteiger partial charge >= 0.3 is 0 Å². The summed E-state index contributed by atoms with van der Waals surface area (Å²) in [5, 5.41) is 4.73. The predicted octanol–water partition coefficient (Wildman–Crippen LogP) is 4.67. The molecular weight excluding hydrogens is 301 g/mol. The molecule has 1 aromatic carbocycles. The lowest BCUT2D eigenvalue weighted by molar-refractivity contribution is 0.879. The van der Waals surface area contributed by atoms with Gasteiger partial charge in [0.2, 0.25) is 0 Å². The summed E-state index contributed by atoms with van der Waals surface area (Å²) in [5.41, 5.74) is 0.931. The Morgan fingerprint density at radius 2 is 2.00 bits per heavy atom. The van der Waals surface area contributed by atoms with Gasteiger partial charge in [0.15, 0.2) is 11.0 Å². The molecule has 0 bridgehead atoms. The van der Waals surface area contributed by atoms with Crippen LogP contribution in [-0.4, -0.2) is 8.75 Å². The van der Waals surface area contributed by atoms with E-state index in [9.17, 15) is 0 Å². The summed E-state index contributed by atoms with van der Waals surface area (Å²) in [5.74, 6) is 0.565. The minimum atomic E-state index is -0.0267. The molecule has 0 aliphatic rings. The smallest absolute Gasteiger partial charge is 0.186 e. The number of halogens is 3. The number of rotatable bonds is 3. The monoisotopic (exact) mass is 307 g/mol. The molecule has 0 fully saturated rings. The summed E-state index contributed by atoms with van der Waals surface area (Å²) in [6.45, 7) is 1.96. The third-order valence-electron chi connectivity index (χ3n) is 2.23. The van der Waals surface area contributed by atoms with Crippen LogP contribution in [0, 0.1) is 0 Å². The third kappa shape index (κ3) is 3.01. The van der Waals surface area contributed by atoms with E-state index in [1.54, 1.807) is 12.1 Å². The Morgan fingerprint density at radius 3 is 2.59 bits per heavy atom. The Kier molecular flexibility index (Phi) is 4.09. The molecule has 0 saturated carbocycles. The summed E-state index contributed by atoms with van der Waals surface area (Å²) in [7, 11) is 0. The van der Waals surface area contributed by atoms with Gasteiger partial charge in [0.1, 0.15) is 0 Å². The van der Waals surface area contributed by atoms with Gasteiger partial charge in [0.05, 0.1) is 17.8 Å². The van der Waals surface area contributed by atoms with Crippen LogP contribution in [0.2, 0.25) is 15.2 Å². The highest BCUT2D eigenvalue weighted by molar-refractivity contribution is 6.99.